The van der Waals surface area contributed by atoms with Gasteiger partial charge in [0, 0.05) is 19.2 Å². The van der Waals surface area contributed by atoms with Crippen molar-refractivity contribution in [2.24, 2.45) is 5.92 Å². The predicted octanol–water partition coefficient (Wildman–Crippen LogP) is 3.17. The maximum Gasteiger partial charge on any atom is 0.133 e. The molecule has 1 saturated heterocycles. The summed E-state index contributed by atoms with van der Waals surface area (Å²) < 4.78 is 0.883. The molecule has 0 bridgehead atoms. The van der Waals surface area contributed by atoms with E-state index >= 15 is 0 Å². The molecule has 0 saturated carbocycles. The Morgan fingerprint density at radius 1 is 1.50 bits per heavy atom. The maximum atomic E-state index is 4.50. The lowest BCUT2D eigenvalue weighted by Gasteiger charge is -2.17. The second-order valence-electron chi connectivity index (χ2n) is 4.49. The highest BCUT2D eigenvalue weighted by Gasteiger charge is 2.23. The lowest BCUT2D eigenvalue weighted by atomic mass is 10.0. The van der Waals surface area contributed by atoms with E-state index in [1.54, 1.807) is 0 Å². The van der Waals surface area contributed by atoms with Crippen molar-refractivity contribution in [1.82, 2.24) is 9.97 Å². The van der Waals surface area contributed by atoms with E-state index in [1.165, 1.54) is 19.3 Å². The largest absolute Gasteiger partial charge is 0.356 e. The van der Waals surface area contributed by atoms with Crippen molar-refractivity contribution in [3.8, 4) is 0 Å². The number of anilines is 1. The molecule has 2 heterocycles. The number of hydrogen-bond acceptors (Lipinski definition) is 3. The van der Waals surface area contributed by atoms with Crippen LogP contribution in [0, 0.1) is 12.8 Å². The molecule has 1 aliphatic rings. The van der Waals surface area contributed by atoms with Crippen LogP contribution in [0.15, 0.2) is 10.7 Å². The second kappa shape index (κ2) is 5.13. The van der Waals surface area contributed by atoms with Gasteiger partial charge in [-0.05, 0) is 41.6 Å². The molecule has 0 radical (unpaired) electrons. The summed E-state index contributed by atoms with van der Waals surface area (Å²) in [5.74, 6) is 2.75. The molecule has 1 aromatic rings. The third-order valence-electron chi connectivity index (χ3n) is 3.10. The fourth-order valence-corrected chi connectivity index (χ4v) is 2.82. The van der Waals surface area contributed by atoms with Gasteiger partial charge in [-0.25, -0.2) is 9.97 Å². The van der Waals surface area contributed by atoms with Crippen molar-refractivity contribution in [1.29, 1.82) is 0 Å². The number of nitrogens with zero attached hydrogens (tertiary/aromatic N) is 3. The lowest BCUT2D eigenvalue weighted by Crippen LogP contribution is -2.21. The van der Waals surface area contributed by atoms with Gasteiger partial charge in [0.1, 0.15) is 16.2 Å². The smallest absolute Gasteiger partial charge is 0.133 e. The van der Waals surface area contributed by atoms with Gasteiger partial charge in [-0.1, -0.05) is 13.3 Å². The Bertz CT molecular complexity index is 347. The van der Waals surface area contributed by atoms with Gasteiger partial charge < -0.3 is 4.90 Å². The summed E-state index contributed by atoms with van der Waals surface area (Å²) in [6, 6.07) is 2.02. The minimum atomic E-state index is 0.836. The van der Waals surface area contributed by atoms with Crippen molar-refractivity contribution in [2.75, 3.05) is 18.0 Å². The molecule has 0 spiro atoms. The Morgan fingerprint density at radius 3 is 3.00 bits per heavy atom. The second-order valence-corrected chi connectivity index (χ2v) is 5.30. The first-order chi connectivity index (χ1) is 7.69. The number of hydrogen-bond donors (Lipinski definition) is 0. The Balaban J connectivity index is 2.08. The molecule has 16 heavy (non-hydrogen) atoms. The quantitative estimate of drug-likeness (QED) is 0.798. The van der Waals surface area contributed by atoms with E-state index in [4.69, 9.17) is 0 Å². The van der Waals surface area contributed by atoms with Crippen LogP contribution in [0.4, 0.5) is 5.82 Å². The maximum absolute atomic E-state index is 4.50. The molecule has 1 aromatic heterocycles. The summed E-state index contributed by atoms with van der Waals surface area (Å²) in [5, 5.41) is 0. The average molecular weight is 284 g/mol. The zero-order valence-corrected chi connectivity index (χ0v) is 11.5. The highest BCUT2D eigenvalue weighted by molar-refractivity contribution is 9.10. The molecule has 1 aliphatic heterocycles. The number of aromatic nitrogens is 2. The Morgan fingerprint density at radius 2 is 2.31 bits per heavy atom. The third kappa shape index (κ3) is 2.73. The van der Waals surface area contributed by atoms with Gasteiger partial charge in [0.15, 0.2) is 0 Å². The van der Waals surface area contributed by atoms with Gasteiger partial charge in [-0.15, -0.1) is 0 Å². The van der Waals surface area contributed by atoms with E-state index < -0.39 is 0 Å². The van der Waals surface area contributed by atoms with Gasteiger partial charge >= 0.3 is 0 Å². The molecule has 1 fully saturated rings. The first kappa shape index (κ1) is 11.8. The molecule has 0 amide bonds. The van der Waals surface area contributed by atoms with Crippen LogP contribution in [0.5, 0.6) is 0 Å². The van der Waals surface area contributed by atoms with E-state index in [9.17, 15) is 0 Å². The number of aryl methyl sites for hydroxylation is 1. The lowest BCUT2D eigenvalue weighted by molar-refractivity contribution is 0.529. The van der Waals surface area contributed by atoms with E-state index in [0.717, 1.165) is 35.3 Å². The zero-order valence-electron chi connectivity index (χ0n) is 9.91. The average Bonchev–Trinajstić information content (AvgIpc) is 2.65. The van der Waals surface area contributed by atoms with Crippen LogP contribution in [-0.2, 0) is 0 Å². The van der Waals surface area contributed by atoms with Gasteiger partial charge in [-0.2, -0.15) is 0 Å². The van der Waals surface area contributed by atoms with Crippen LogP contribution < -0.4 is 4.90 Å². The van der Waals surface area contributed by atoms with Gasteiger partial charge in [0.2, 0.25) is 0 Å². The molecule has 1 atom stereocenters. The van der Waals surface area contributed by atoms with E-state index in [1.807, 2.05) is 13.0 Å². The summed E-state index contributed by atoms with van der Waals surface area (Å²) in [5.41, 5.74) is 0. The van der Waals surface area contributed by atoms with E-state index in [2.05, 4.69) is 37.7 Å². The Kier molecular flexibility index (Phi) is 3.79. The first-order valence-electron chi connectivity index (χ1n) is 5.95. The fraction of sp³-hybridized carbons (Fsp3) is 0.667. The summed E-state index contributed by atoms with van der Waals surface area (Å²) in [6.45, 7) is 6.48. The van der Waals surface area contributed by atoms with Crippen LogP contribution >= 0.6 is 15.9 Å². The molecular weight excluding hydrogens is 266 g/mol. The standard InChI is InChI=1S/C12H18BrN3/c1-3-4-10-5-6-16(8-10)12-7-11(13)14-9(2)15-12/h7,10H,3-6,8H2,1-2H3. The number of rotatable bonds is 3. The first-order valence-corrected chi connectivity index (χ1v) is 6.74. The highest BCUT2D eigenvalue weighted by Crippen LogP contribution is 2.26. The summed E-state index contributed by atoms with van der Waals surface area (Å²) >= 11 is 3.43. The summed E-state index contributed by atoms with van der Waals surface area (Å²) in [4.78, 5) is 11.1. The molecule has 4 heteroatoms. The van der Waals surface area contributed by atoms with Crippen LogP contribution in [-0.4, -0.2) is 23.1 Å². The van der Waals surface area contributed by atoms with Crippen molar-refractivity contribution in [3.63, 3.8) is 0 Å². The minimum absolute atomic E-state index is 0.836. The molecule has 1 unspecified atom stereocenters. The molecular formula is C12H18BrN3. The topological polar surface area (TPSA) is 29.0 Å². The van der Waals surface area contributed by atoms with Crippen LogP contribution in [0.1, 0.15) is 32.0 Å². The third-order valence-corrected chi connectivity index (χ3v) is 3.51. The van der Waals surface area contributed by atoms with Crippen LogP contribution in [0.25, 0.3) is 0 Å². The Labute approximate surface area is 105 Å². The molecule has 3 nitrogen and oxygen atoms in total. The molecule has 0 N–H and O–H groups in total. The van der Waals surface area contributed by atoms with Gasteiger partial charge in [0.25, 0.3) is 0 Å². The van der Waals surface area contributed by atoms with Gasteiger partial charge in [0.05, 0.1) is 0 Å². The SMILES string of the molecule is CCCC1CCN(c2cc(Br)nc(C)n2)C1. The summed E-state index contributed by atoms with van der Waals surface area (Å²) in [7, 11) is 0. The molecule has 0 aromatic carbocycles. The van der Waals surface area contributed by atoms with Gasteiger partial charge in [-0.3, -0.25) is 0 Å². The zero-order chi connectivity index (χ0) is 11.5. The van der Waals surface area contributed by atoms with E-state index in [0.29, 0.717) is 0 Å². The highest BCUT2D eigenvalue weighted by atomic mass is 79.9. The van der Waals surface area contributed by atoms with Crippen molar-refractivity contribution in [3.05, 3.63) is 16.5 Å². The van der Waals surface area contributed by atoms with Crippen LogP contribution in [0.2, 0.25) is 0 Å². The molecule has 88 valence electrons. The van der Waals surface area contributed by atoms with Crippen molar-refractivity contribution < 1.29 is 0 Å². The molecule has 0 aliphatic carbocycles. The van der Waals surface area contributed by atoms with Crippen molar-refractivity contribution in [2.45, 2.75) is 33.1 Å². The number of halogens is 1. The normalized spacial score (nSPS) is 20.4. The minimum Gasteiger partial charge on any atom is -0.356 e. The fourth-order valence-electron chi connectivity index (χ4n) is 2.36. The molecule has 2 rings (SSSR count). The van der Waals surface area contributed by atoms with Crippen molar-refractivity contribution >= 4 is 21.7 Å². The Hall–Kier alpha value is -0.640. The van der Waals surface area contributed by atoms with Crippen LogP contribution in [0.3, 0.4) is 0 Å². The monoisotopic (exact) mass is 283 g/mol. The summed E-state index contributed by atoms with van der Waals surface area (Å²) in [6.07, 6.45) is 3.92. The predicted molar refractivity (Wildman–Crippen MR) is 69.7 cm³/mol. The van der Waals surface area contributed by atoms with E-state index in [-0.39, 0.29) is 0 Å².